The Labute approximate surface area is 112 Å². The highest BCUT2D eigenvalue weighted by molar-refractivity contribution is 5.50. The van der Waals surface area contributed by atoms with Gasteiger partial charge in [-0.1, -0.05) is 6.07 Å². The maximum atomic E-state index is 12.9. The molecule has 3 heteroatoms. The summed E-state index contributed by atoms with van der Waals surface area (Å²) >= 11 is 0. The average Bonchev–Trinajstić information content (AvgIpc) is 2.47. The van der Waals surface area contributed by atoms with Crippen LogP contribution in [0.25, 0.3) is 0 Å². The van der Waals surface area contributed by atoms with Crippen LogP contribution in [-0.2, 0) is 13.0 Å². The van der Waals surface area contributed by atoms with E-state index in [2.05, 4.69) is 17.0 Å². The Morgan fingerprint density at radius 2 is 1.84 bits per heavy atom. The number of halogens is 1. The number of nitrogens with zero attached hydrogens (tertiary/aromatic N) is 1. The van der Waals surface area contributed by atoms with Gasteiger partial charge in [0.1, 0.15) is 11.6 Å². The molecule has 0 amide bonds. The molecule has 0 N–H and O–H groups in total. The van der Waals surface area contributed by atoms with Crippen LogP contribution in [0.3, 0.4) is 0 Å². The van der Waals surface area contributed by atoms with Crippen molar-refractivity contribution in [2.75, 3.05) is 18.6 Å². The SMILES string of the molecule is COc1ccc2c(c1)CCN(c1ccc(F)cc1)C2. The Morgan fingerprint density at radius 1 is 1.05 bits per heavy atom. The van der Waals surface area contributed by atoms with Crippen molar-refractivity contribution in [2.24, 2.45) is 0 Å². The first-order chi connectivity index (χ1) is 9.26. The topological polar surface area (TPSA) is 12.5 Å². The number of anilines is 1. The number of benzene rings is 2. The second-order valence-corrected chi connectivity index (χ2v) is 4.78. The van der Waals surface area contributed by atoms with Gasteiger partial charge in [0.25, 0.3) is 0 Å². The minimum Gasteiger partial charge on any atom is -0.497 e. The zero-order valence-corrected chi connectivity index (χ0v) is 10.9. The quantitative estimate of drug-likeness (QED) is 0.817. The number of ether oxygens (including phenoxy) is 1. The first-order valence-electron chi connectivity index (χ1n) is 6.42. The van der Waals surface area contributed by atoms with E-state index in [1.807, 2.05) is 18.2 Å². The number of fused-ring (bicyclic) bond motifs is 1. The Kier molecular flexibility index (Phi) is 3.11. The first kappa shape index (κ1) is 12.0. The number of hydrogen-bond acceptors (Lipinski definition) is 2. The van der Waals surface area contributed by atoms with Crippen LogP contribution >= 0.6 is 0 Å². The minimum atomic E-state index is -0.189. The van der Waals surface area contributed by atoms with Gasteiger partial charge in [-0.3, -0.25) is 0 Å². The van der Waals surface area contributed by atoms with E-state index in [0.29, 0.717) is 0 Å². The molecule has 0 fully saturated rings. The van der Waals surface area contributed by atoms with Gasteiger partial charge in [0.2, 0.25) is 0 Å². The number of hydrogen-bond donors (Lipinski definition) is 0. The first-order valence-corrected chi connectivity index (χ1v) is 6.42. The molecule has 1 aliphatic rings. The molecular formula is C16H16FNO. The highest BCUT2D eigenvalue weighted by Crippen LogP contribution is 2.27. The second-order valence-electron chi connectivity index (χ2n) is 4.78. The van der Waals surface area contributed by atoms with Crippen LogP contribution in [-0.4, -0.2) is 13.7 Å². The fourth-order valence-electron chi connectivity index (χ4n) is 2.53. The molecule has 1 heterocycles. The predicted molar refractivity (Wildman–Crippen MR) is 74.1 cm³/mol. The summed E-state index contributed by atoms with van der Waals surface area (Å²) < 4.78 is 18.2. The lowest BCUT2D eigenvalue weighted by atomic mass is 9.99. The van der Waals surface area contributed by atoms with Crippen molar-refractivity contribution in [2.45, 2.75) is 13.0 Å². The molecule has 0 radical (unpaired) electrons. The van der Waals surface area contributed by atoms with Crippen molar-refractivity contribution < 1.29 is 9.13 Å². The molecule has 0 saturated heterocycles. The van der Waals surface area contributed by atoms with Crippen molar-refractivity contribution >= 4 is 5.69 Å². The standard InChI is InChI=1S/C16H16FNO/c1-19-16-7-2-13-11-18(9-8-12(13)10-16)15-5-3-14(17)4-6-15/h2-7,10H,8-9,11H2,1H3. The van der Waals surface area contributed by atoms with Crippen molar-refractivity contribution in [3.63, 3.8) is 0 Å². The van der Waals surface area contributed by atoms with Crippen molar-refractivity contribution in [1.82, 2.24) is 0 Å². The monoisotopic (exact) mass is 257 g/mol. The van der Waals surface area contributed by atoms with Gasteiger partial charge in [0.15, 0.2) is 0 Å². The van der Waals surface area contributed by atoms with Crippen LogP contribution in [0.1, 0.15) is 11.1 Å². The summed E-state index contributed by atoms with van der Waals surface area (Å²) in [7, 11) is 1.69. The maximum absolute atomic E-state index is 12.9. The largest absolute Gasteiger partial charge is 0.497 e. The Hall–Kier alpha value is -2.03. The molecule has 0 aromatic heterocycles. The molecule has 3 rings (SSSR count). The molecule has 2 nitrogen and oxygen atoms in total. The zero-order valence-electron chi connectivity index (χ0n) is 10.9. The van der Waals surface area contributed by atoms with Gasteiger partial charge in [0.05, 0.1) is 7.11 Å². The summed E-state index contributed by atoms with van der Waals surface area (Å²) in [4.78, 5) is 2.27. The zero-order chi connectivity index (χ0) is 13.2. The summed E-state index contributed by atoms with van der Waals surface area (Å²) in [6.45, 7) is 1.82. The molecular weight excluding hydrogens is 241 g/mol. The van der Waals surface area contributed by atoms with Crippen molar-refractivity contribution in [1.29, 1.82) is 0 Å². The van der Waals surface area contributed by atoms with E-state index in [9.17, 15) is 4.39 Å². The molecule has 0 spiro atoms. The van der Waals surface area contributed by atoms with Gasteiger partial charge >= 0.3 is 0 Å². The average molecular weight is 257 g/mol. The van der Waals surface area contributed by atoms with Crippen LogP contribution in [0, 0.1) is 5.82 Å². The molecule has 0 saturated carbocycles. The number of rotatable bonds is 2. The van der Waals surface area contributed by atoms with E-state index in [0.717, 1.165) is 30.9 Å². The van der Waals surface area contributed by atoms with Crippen LogP contribution in [0.4, 0.5) is 10.1 Å². The van der Waals surface area contributed by atoms with Crippen LogP contribution in [0.5, 0.6) is 5.75 Å². The summed E-state index contributed by atoms with van der Waals surface area (Å²) in [5, 5.41) is 0. The second kappa shape index (κ2) is 4.92. The minimum absolute atomic E-state index is 0.189. The van der Waals surface area contributed by atoms with Crippen molar-refractivity contribution in [3.05, 3.63) is 59.4 Å². The van der Waals surface area contributed by atoms with E-state index in [1.54, 1.807) is 7.11 Å². The molecule has 2 aromatic carbocycles. The highest BCUT2D eigenvalue weighted by Gasteiger charge is 2.17. The van der Waals surface area contributed by atoms with Crippen LogP contribution in [0.2, 0.25) is 0 Å². The Morgan fingerprint density at radius 3 is 2.58 bits per heavy atom. The van der Waals surface area contributed by atoms with Gasteiger partial charge < -0.3 is 9.64 Å². The van der Waals surface area contributed by atoms with Crippen molar-refractivity contribution in [3.8, 4) is 5.75 Å². The lowest BCUT2D eigenvalue weighted by molar-refractivity contribution is 0.414. The molecule has 19 heavy (non-hydrogen) atoms. The van der Waals surface area contributed by atoms with Crippen LogP contribution in [0.15, 0.2) is 42.5 Å². The predicted octanol–water partition coefficient (Wildman–Crippen LogP) is 3.40. The van der Waals surface area contributed by atoms with Gasteiger partial charge in [-0.15, -0.1) is 0 Å². The van der Waals surface area contributed by atoms with E-state index >= 15 is 0 Å². The van der Waals surface area contributed by atoms with E-state index in [-0.39, 0.29) is 5.82 Å². The van der Waals surface area contributed by atoms with Crippen LogP contribution < -0.4 is 9.64 Å². The van der Waals surface area contributed by atoms with Gasteiger partial charge in [0, 0.05) is 18.8 Å². The molecule has 0 bridgehead atoms. The molecule has 0 unspecified atom stereocenters. The fourth-order valence-corrected chi connectivity index (χ4v) is 2.53. The number of methoxy groups -OCH3 is 1. The lowest BCUT2D eigenvalue weighted by Gasteiger charge is -2.31. The molecule has 0 aliphatic carbocycles. The highest BCUT2D eigenvalue weighted by atomic mass is 19.1. The third-order valence-corrected chi connectivity index (χ3v) is 3.62. The fraction of sp³-hybridized carbons (Fsp3) is 0.250. The van der Waals surface area contributed by atoms with Gasteiger partial charge in [-0.2, -0.15) is 0 Å². The normalized spacial score (nSPS) is 14.1. The molecule has 98 valence electrons. The third kappa shape index (κ3) is 2.41. The van der Waals surface area contributed by atoms with Gasteiger partial charge in [-0.25, -0.2) is 4.39 Å². The molecule has 0 atom stereocenters. The summed E-state index contributed by atoms with van der Waals surface area (Å²) in [5.74, 6) is 0.722. The summed E-state index contributed by atoms with van der Waals surface area (Å²) in [6.07, 6.45) is 0.990. The molecule has 2 aromatic rings. The summed E-state index contributed by atoms with van der Waals surface area (Å²) in [5.41, 5.74) is 3.73. The van der Waals surface area contributed by atoms with E-state index < -0.39 is 0 Å². The summed E-state index contributed by atoms with van der Waals surface area (Å²) in [6, 6.07) is 12.9. The lowest BCUT2D eigenvalue weighted by Crippen LogP contribution is -2.30. The smallest absolute Gasteiger partial charge is 0.123 e. The molecule has 1 aliphatic heterocycles. The maximum Gasteiger partial charge on any atom is 0.123 e. The third-order valence-electron chi connectivity index (χ3n) is 3.62. The Bertz CT molecular complexity index is 580. The van der Waals surface area contributed by atoms with E-state index in [4.69, 9.17) is 4.74 Å². The van der Waals surface area contributed by atoms with Gasteiger partial charge in [-0.05, 0) is 53.9 Å². The Balaban J connectivity index is 1.84. The van der Waals surface area contributed by atoms with E-state index in [1.165, 1.54) is 23.3 Å².